The van der Waals surface area contributed by atoms with E-state index in [1.54, 1.807) is 6.92 Å². The van der Waals surface area contributed by atoms with Crippen LogP contribution in [0.3, 0.4) is 0 Å². The molecule has 5 nitrogen and oxygen atoms in total. The van der Waals surface area contributed by atoms with Gasteiger partial charge in [-0.1, -0.05) is 42.5 Å². The zero-order valence-electron chi connectivity index (χ0n) is 14.4. The van der Waals surface area contributed by atoms with Gasteiger partial charge in [0.1, 0.15) is 12.4 Å². The van der Waals surface area contributed by atoms with Gasteiger partial charge in [-0.2, -0.15) is 0 Å². The number of carbonyl (C=O) groups is 1. The van der Waals surface area contributed by atoms with Gasteiger partial charge in [-0.25, -0.2) is 4.79 Å². The smallest absolute Gasteiger partial charge is 0.333 e. The summed E-state index contributed by atoms with van der Waals surface area (Å²) in [6.45, 7) is 3.69. The fourth-order valence-electron chi connectivity index (χ4n) is 2.34. The maximum Gasteiger partial charge on any atom is 0.333 e. The fraction of sp³-hybridized carbons (Fsp3) is 0.350. The third kappa shape index (κ3) is 6.95. The summed E-state index contributed by atoms with van der Waals surface area (Å²) in [5, 5.41) is 9.11. The molecule has 1 atom stereocenters. The van der Waals surface area contributed by atoms with Gasteiger partial charge in [0.2, 0.25) is 0 Å². The van der Waals surface area contributed by atoms with Crippen LogP contribution in [0.25, 0.3) is 0 Å². The van der Waals surface area contributed by atoms with Crippen molar-refractivity contribution in [3.63, 3.8) is 0 Å². The zero-order chi connectivity index (χ0) is 17.9. The average Bonchev–Trinajstić information content (AvgIpc) is 2.63. The maximum absolute atomic E-state index is 11.1. The van der Waals surface area contributed by atoms with E-state index in [1.807, 2.05) is 54.6 Å². The Morgan fingerprint density at radius 3 is 2.36 bits per heavy atom. The molecule has 0 aliphatic carbocycles. The molecule has 2 rings (SSSR count). The quantitative estimate of drug-likeness (QED) is 0.634. The molecule has 0 unspecified atom stereocenters. The van der Waals surface area contributed by atoms with Crippen molar-refractivity contribution < 1.29 is 24.1 Å². The van der Waals surface area contributed by atoms with Gasteiger partial charge in [0, 0.05) is 13.0 Å². The molecule has 0 aliphatic rings. The van der Waals surface area contributed by atoms with Gasteiger partial charge >= 0.3 is 5.97 Å². The Morgan fingerprint density at radius 1 is 1.00 bits per heavy atom. The van der Waals surface area contributed by atoms with Crippen molar-refractivity contribution in [2.24, 2.45) is 0 Å². The summed E-state index contributed by atoms with van der Waals surface area (Å²) < 4.78 is 16.4. The van der Waals surface area contributed by atoms with Crippen LogP contribution in [0.5, 0.6) is 5.75 Å². The molecule has 0 fully saturated rings. The molecule has 134 valence electrons. The van der Waals surface area contributed by atoms with Crippen molar-refractivity contribution in [1.82, 2.24) is 0 Å². The number of rotatable bonds is 11. The Bertz CT molecular complexity index is 624. The Balaban J connectivity index is 1.70. The summed E-state index contributed by atoms with van der Waals surface area (Å²) in [6.07, 6.45) is -0.480. The minimum absolute atomic E-state index is 0.337. The molecular weight excluding hydrogens is 320 g/mol. The first-order valence-electron chi connectivity index (χ1n) is 8.37. The highest BCUT2D eigenvalue weighted by molar-refractivity contribution is 5.72. The van der Waals surface area contributed by atoms with Crippen LogP contribution in [-0.2, 0) is 27.3 Å². The lowest BCUT2D eigenvalue weighted by atomic mass is 10.1. The van der Waals surface area contributed by atoms with Gasteiger partial charge in [-0.05, 0) is 30.2 Å². The van der Waals surface area contributed by atoms with Crippen molar-refractivity contribution in [2.45, 2.75) is 26.1 Å². The molecule has 0 aliphatic heterocycles. The number of benzene rings is 2. The summed E-state index contributed by atoms with van der Waals surface area (Å²) in [7, 11) is 0. The normalized spacial score (nSPS) is 11.9. The van der Waals surface area contributed by atoms with Crippen molar-refractivity contribution in [1.29, 1.82) is 0 Å². The topological polar surface area (TPSA) is 65.0 Å². The summed E-state index contributed by atoms with van der Waals surface area (Å²) >= 11 is 0. The van der Waals surface area contributed by atoms with Crippen LogP contribution in [-0.4, -0.2) is 37.0 Å². The van der Waals surface area contributed by atoms with Crippen LogP contribution in [0.4, 0.5) is 0 Å². The molecule has 0 spiro atoms. The monoisotopic (exact) mass is 344 g/mol. The van der Waals surface area contributed by atoms with E-state index in [1.165, 1.54) is 0 Å². The fourth-order valence-corrected chi connectivity index (χ4v) is 2.34. The molecule has 2 aromatic carbocycles. The highest BCUT2D eigenvalue weighted by atomic mass is 16.5. The summed E-state index contributed by atoms with van der Waals surface area (Å²) in [4.78, 5) is 11.1. The van der Waals surface area contributed by atoms with Gasteiger partial charge in [0.05, 0.1) is 13.2 Å². The van der Waals surface area contributed by atoms with E-state index in [9.17, 15) is 4.79 Å². The summed E-state index contributed by atoms with van der Waals surface area (Å²) in [5.41, 5.74) is 2.03. The van der Waals surface area contributed by atoms with Gasteiger partial charge < -0.3 is 19.3 Å². The van der Waals surface area contributed by atoms with Crippen LogP contribution < -0.4 is 4.74 Å². The van der Waals surface area contributed by atoms with Gasteiger partial charge in [-0.3, -0.25) is 0 Å². The summed E-state index contributed by atoms with van der Waals surface area (Å²) in [6, 6.07) is 17.4. The first-order chi connectivity index (χ1) is 12.2. The molecule has 2 aromatic rings. The molecule has 25 heavy (non-hydrogen) atoms. The molecule has 0 amide bonds. The highest BCUT2D eigenvalue weighted by Gasteiger charge is 2.17. The maximum atomic E-state index is 11.1. The van der Waals surface area contributed by atoms with Gasteiger partial charge in [-0.15, -0.1) is 0 Å². The lowest BCUT2D eigenvalue weighted by molar-refractivity contribution is -0.149. The van der Waals surface area contributed by atoms with E-state index in [0.29, 0.717) is 32.8 Å². The largest absolute Gasteiger partial charge is 0.491 e. The lowest BCUT2D eigenvalue weighted by Crippen LogP contribution is -2.26. The second-order valence-electron chi connectivity index (χ2n) is 5.52. The Hall–Kier alpha value is -2.37. The third-order valence-electron chi connectivity index (χ3n) is 3.60. The Labute approximate surface area is 148 Å². The van der Waals surface area contributed by atoms with E-state index in [4.69, 9.17) is 19.3 Å². The van der Waals surface area contributed by atoms with E-state index >= 15 is 0 Å². The number of ether oxygens (including phenoxy) is 3. The first-order valence-corrected chi connectivity index (χ1v) is 8.37. The molecular formula is C20H24O5. The predicted molar refractivity (Wildman–Crippen MR) is 94.8 cm³/mol. The van der Waals surface area contributed by atoms with Gasteiger partial charge in [0.25, 0.3) is 0 Å². The molecule has 0 radical (unpaired) electrons. The van der Waals surface area contributed by atoms with E-state index in [0.717, 1.165) is 16.9 Å². The van der Waals surface area contributed by atoms with Crippen LogP contribution in [0.15, 0.2) is 54.6 Å². The molecule has 1 N–H and O–H groups in total. The number of aliphatic carboxylic acids is 1. The lowest BCUT2D eigenvalue weighted by Gasteiger charge is -2.13. The Kier molecular flexibility index (Phi) is 7.95. The predicted octanol–water partition coefficient (Wildman–Crippen LogP) is 3.31. The van der Waals surface area contributed by atoms with E-state index < -0.39 is 12.1 Å². The molecule has 0 saturated heterocycles. The number of hydrogen-bond acceptors (Lipinski definition) is 4. The standard InChI is InChI=1S/C20H24O5/c1-2-24-19(20(21)22)14-16-8-10-18(11-9-16)25-13-12-23-15-17-6-4-3-5-7-17/h3-11,19H,2,12-15H2,1H3,(H,21,22)/t19-/m1/s1. The zero-order valence-corrected chi connectivity index (χ0v) is 14.4. The van der Waals surface area contributed by atoms with Crippen molar-refractivity contribution in [3.05, 3.63) is 65.7 Å². The van der Waals surface area contributed by atoms with Crippen molar-refractivity contribution >= 4 is 5.97 Å². The van der Waals surface area contributed by atoms with Crippen LogP contribution in [0.1, 0.15) is 18.1 Å². The van der Waals surface area contributed by atoms with Crippen molar-refractivity contribution in [3.8, 4) is 5.75 Å². The molecule has 0 bridgehead atoms. The molecule has 0 saturated carbocycles. The van der Waals surface area contributed by atoms with Gasteiger partial charge in [0.15, 0.2) is 6.10 Å². The van der Waals surface area contributed by atoms with Crippen LogP contribution >= 0.6 is 0 Å². The minimum Gasteiger partial charge on any atom is -0.491 e. The van der Waals surface area contributed by atoms with Crippen LogP contribution in [0, 0.1) is 0 Å². The van der Waals surface area contributed by atoms with E-state index in [2.05, 4.69) is 0 Å². The van der Waals surface area contributed by atoms with Crippen LogP contribution in [0.2, 0.25) is 0 Å². The summed E-state index contributed by atoms with van der Waals surface area (Å²) in [5.74, 6) is -0.215. The average molecular weight is 344 g/mol. The second kappa shape index (κ2) is 10.5. The third-order valence-corrected chi connectivity index (χ3v) is 3.60. The molecule has 0 heterocycles. The number of carboxylic acids is 1. The second-order valence-corrected chi connectivity index (χ2v) is 5.52. The Morgan fingerprint density at radius 2 is 1.72 bits per heavy atom. The van der Waals surface area contributed by atoms with E-state index in [-0.39, 0.29) is 0 Å². The number of hydrogen-bond donors (Lipinski definition) is 1. The molecule has 5 heteroatoms. The molecule has 0 aromatic heterocycles. The van der Waals surface area contributed by atoms with Crippen molar-refractivity contribution in [2.75, 3.05) is 19.8 Å². The highest BCUT2D eigenvalue weighted by Crippen LogP contribution is 2.14. The minimum atomic E-state index is -0.947. The SMILES string of the molecule is CCO[C@H](Cc1ccc(OCCOCc2ccccc2)cc1)C(=O)O. The number of carboxylic acid groups (broad SMARTS) is 1. The first kappa shape index (κ1) is 19.0.